The second-order valence-electron chi connectivity index (χ2n) is 4.94. The minimum atomic E-state index is -0.0574. The Morgan fingerprint density at radius 2 is 2.05 bits per heavy atom. The molecule has 0 aliphatic rings. The summed E-state index contributed by atoms with van der Waals surface area (Å²) in [5.74, 6) is 1.22. The van der Waals surface area contributed by atoms with Crippen molar-refractivity contribution in [1.82, 2.24) is 10.3 Å². The molecule has 1 N–H and O–H groups in total. The largest absolute Gasteiger partial charge is 0.440 e. The lowest BCUT2D eigenvalue weighted by atomic mass is 10.2. The van der Waals surface area contributed by atoms with Gasteiger partial charge < -0.3 is 9.73 Å². The first-order valence-corrected chi connectivity index (χ1v) is 7.91. The molecule has 0 spiro atoms. The van der Waals surface area contributed by atoms with E-state index in [1.165, 1.54) is 0 Å². The van der Waals surface area contributed by atoms with Gasteiger partial charge in [-0.1, -0.05) is 36.4 Å². The molecule has 3 aromatic rings. The fourth-order valence-electron chi connectivity index (χ4n) is 2.11. The average Bonchev–Trinajstić information content (AvgIpc) is 3.17. The summed E-state index contributed by atoms with van der Waals surface area (Å²) >= 11 is 1.57. The fraction of sp³-hybridized carbons (Fsp3) is 0.176. The Balaban J connectivity index is 1.62. The third kappa shape index (κ3) is 3.43. The minimum absolute atomic E-state index is 0.0574. The summed E-state index contributed by atoms with van der Waals surface area (Å²) in [6, 6.07) is 13.7. The smallest absolute Gasteiger partial charge is 0.236 e. The Hall–Kier alpha value is -2.40. The molecular weight excluding hydrogens is 296 g/mol. The number of nitrogens with zero attached hydrogens (tertiary/aromatic N) is 1. The summed E-state index contributed by atoms with van der Waals surface area (Å²) in [5.41, 5.74) is 1.76. The van der Waals surface area contributed by atoms with E-state index in [0.29, 0.717) is 23.9 Å². The molecule has 0 aliphatic carbocycles. The lowest BCUT2D eigenvalue weighted by Gasteiger charge is -2.04. The highest BCUT2D eigenvalue weighted by Crippen LogP contribution is 2.25. The summed E-state index contributed by atoms with van der Waals surface area (Å²) in [6.07, 6.45) is 0.230. The van der Waals surface area contributed by atoms with E-state index in [0.717, 1.165) is 10.4 Å². The van der Waals surface area contributed by atoms with Crippen molar-refractivity contribution in [2.24, 2.45) is 0 Å². The number of hydrogen-bond acceptors (Lipinski definition) is 4. The molecule has 0 bridgehead atoms. The molecule has 112 valence electrons. The van der Waals surface area contributed by atoms with Crippen LogP contribution in [0.15, 0.2) is 52.3 Å². The van der Waals surface area contributed by atoms with Crippen LogP contribution >= 0.6 is 11.3 Å². The zero-order chi connectivity index (χ0) is 15.4. The molecule has 2 heterocycles. The number of thiophene rings is 1. The molecule has 0 aliphatic heterocycles. The predicted octanol–water partition coefficient (Wildman–Crippen LogP) is 3.57. The van der Waals surface area contributed by atoms with Crippen molar-refractivity contribution >= 4 is 17.2 Å². The summed E-state index contributed by atoms with van der Waals surface area (Å²) in [6.45, 7) is 2.36. The van der Waals surface area contributed by atoms with E-state index in [9.17, 15) is 4.79 Å². The standard InChI is InChI=1S/C17H16N2O2S/c1-12-14(19-17(21-12)15-8-5-9-22-15)10-16(20)18-11-13-6-3-2-4-7-13/h2-9H,10-11H2,1H3,(H,18,20). The quantitative estimate of drug-likeness (QED) is 0.783. The van der Waals surface area contributed by atoms with Gasteiger partial charge in [-0.2, -0.15) is 0 Å². The summed E-state index contributed by atoms with van der Waals surface area (Å²) in [4.78, 5) is 17.4. The molecule has 3 rings (SSSR count). The second-order valence-corrected chi connectivity index (χ2v) is 5.89. The number of aromatic nitrogens is 1. The number of rotatable bonds is 5. The lowest BCUT2D eigenvalue weighted by molar-refractivity contribution is -0.120. The van der Waals surface area contributed by atoms with Crippen molar-refractivity contribution in [1.29, 1.82) is 0 Å². The maximum Gasteiger partial charge on any atom is 0.236 e. The fourth-order valence-corrected chi connectivity index (χ4v) is 2.76. The maximum atomic E-state index is 12.0. The van der Waals surface area contributed by atoms with Crippen LogP contribution in [0.25, 0.3) is 10.8 Å². The number of carbonyl (C=O) groups is 1. The van der Waals surface area contributed by atoms with E-state index in [-0.39, 0.29) is 12.3 Å². The first-order chi connectivity index (χ1) is 10.7. The van der Waals surface area contributed by atoms with Gasteiger partial charge in [0.2, 0.25) is 11.8 Å². The summed E-state index contributed by atoms with van der Waals surface area (Å²) in [7, 11) is 0. The highest BCUT2D eigenvalue weighted by atomic mass is 32.1. The second kappa shape index (κ2) is 6.58. The molecule has 5 heteroatoms. The van der Waals surface area contributed by atoms with Crippen LogP contribution in [0.4, 0.5) is 0 Å². The van der Waals surface area contributed by atoms with Gasteiger partial charge in [0.15, 0.2) is 0 Å². The molecule has 22 heavy (non-hydrogen) atoms. The van der Waals surface area contributed by atoms with Gasteiger partial charge in [-0.25, -0.2) is 4.98 Å². The lowest BCUT2D eigenvalue weighted by Crippen LogP contribution is -2.24. The van der Waals surface area contributed by atoms with Gasteiger partial charge in [-0.3, -0.25) is 4.79 Å². The van der Waals surface area contributed by atoms with E-state index in [4.69, 9.17) is 4.42 Å². The number of nitrogens with one attached hydrogen (secondary N) is 1. The zero-order valence-corrected chi connectivity index (χ0v) is 13.0. The molecule has 0 atom stereocenters. The van der Waals surface area contributed by atoms with Crippen molar-refractivity contribution in [3.8, 4) is 10.8 Å². The van der Waals surface area contributed by atoms with Crippen molar-refractivity contribution < 1.29 is 9.21 Å². The number of aryl methyl sites for hydroxylation is 1. The molecule has 0 saturated heterocycles. The third-order valence-electron chi connectivity index (χ3n) is 3.29. The number of hydrogen-bond donors (Lipinski definition) is 1. The Morgan fingerprint density at radius 1 is 1.23 bits per heavy atom. The predicted molar refractivity (Wildman–Crippen MR) is 86.5 cm³/mol. The molecule has 1 amide bonds. The molecule has 0 unspecified atom stereocenters. The van der Waals surface area contributed by atoms with Crippen LogP contribution in [0.5, 0.6) is 0 Å². The van der Waals surface area contributed by atoms with Crippen LogP contribution in [-0.2, 0) is 17.8 Å². The van der Waals surface area contributed by atoms with Crippen molar-refractivity contribution in [2.75, 3.05) is 0 Å². The highest BCUT2D eigenvalue weighted by Gasteiger charge is 2.15. The summed E-state index contributed by atoms with van der Waals surface area (Å²) in [5, 5.41) is 4.87. The van der Waals surface area contributed by atoms with Gasteiger partial charge in [-0.15, -0.1) is 11.3 Å². The molecular formula is C17H16N2O2S. The van der Waals surface area contributed by atoms with Crippen LogP contribution in [-0.4, -0.2) is 10.9 Å². The van der Waals surface area contributed by atoms with E-state index in [2.05, 4.69) is 10.3 Å². The molecule has 1 aromatic carbocycles. The molecule has 0 radical (unpaired) electrons. The van der Waals surface area contributed by atoms with Crippen molar-refractivity contribution in [3.63, 3.8) is 0 Å². The number of carbonyl (C=O) groups excluding carboxylic acids is 1. The van der Waals surface area contributed by atoms with Crippen LogP contribution in [0.1, 0.15) is 17.0 Å². The first kappa shape index (κ1) is 14.5. The third-order valence-corrected chi connectivity index (χ3v) is 4.14. The maximum absolute atomic E-state index is 12.0. The van der Waals surface area contributed by atoms with Gasteiger partial charge in [-0.05, 0) is 23.9 Å². The highest BCUT2D eigenvalue weighted by molar-refractivity contribution is 7.13. The van der Waals surface area contributed by atoms with Crippen LogP contribution in [0.3, 0.4) is 0 Å². The Kier molecular flexibility index (Phi) is 4.34. The van der Waals surface area contributed by atoms with Gasteiger partial charge in [0.1, 0.15) is 5.76 Å². The Morgan fingerprint density at radius 3 is 2.77 bits per heavy atom. The molecule has 0 fully saturated rings. The topological polar surface area (TPSA) is 55.1 Å². The van der Waals surface area contributed by atoms with Gasteiger partial charge in [0, 0.05) is 6.54 Å². The Bertz CT molecular complexity index is 748. The number of benzene rings is 1. The van der Waals surface area contributed by atoms with Crippen molar-refractivity contribution in [2.45, 2.75) is 19.9 Å². The number of amides is 1. The zero-order valence-electron chi connectivity index (χ0n) is 12.2. The Labute approximate surface area is 132 Å². The molecule has 0 saturated carbocycles. The average molecular weight is 312 g/mol. The van der Waals surface area contributed by atoms with E-state index in [1.54, 1.807) is 11.3 Å². The first-order valence-electron chi connectivity index (χ1n) is 7.03. The van der Waals surface area contributed by atoms with Crippen LogP contribution < -0.4 is 5.32 Å². The van der Waals surface area contributed by atoms with Crippen LogP contribution in [0, 0.1) is 6.92 Å². The van der Waals surface area contributed by atoms with E-state index in [1.807, 2.05) is 54.8 Å². The van der Waals surface area contributed by atoms with Crippen LogP contribution in [0.2, 0.25) is 0 Å². The SMILES string of the molecule is Cc1oc(-c2cccs2)nc1CC(=O)NCc1ccccc1. The van der Waals surface area contributed by atoms with Gasteiger partial charge in [0.05, 0.1) is 17.0 Å². The summed E-state index contributed by atoms with van der Waals surface area (Å²) < 4.78 is 5.64. The monoisotopic (exact) mass is 312 g/mol. The van der Waals surface area contributed by atoms with E-state index >= 15 is 0 Å². The molecule has 2 aromatic heterocycles. The van der Waals surface area contributed by atoms with E-state index < -0.39 is 0 Å². The van der Waals surface area contributed by atoms with Gasteiger partial charge in [0.25, 0.3) is 0 Å². The number of oxazole rings is 1. The normalized spacial score (nSPS) is 10.6. The molecule has 4 nitrogen and oxygen atoms in total. The minimum Gasteiger partial charge on any atom is -0.440 e. The van der Waals surface area contributed by atoms with Crippen molar-refractivity contribution in [3.05, 3.63) is 64.9 Å². The van der Waals surface area contributed by atoms with Gasteiger partial charge >= 0.3 is 0 Å².